The molecule has 0 saturated heterocycles. The minimum atomic E-state index is -0.544. The third kappa shape index (κ3) is 1.71. The van der Waals surface area contributed by atoms with Crippen molar-refractivity contribution in [3.8, 4) is 0 Å². The van der Waals surface area contributed by atoms with Crippen LogP contribution in [-0.2, 0) is 0 Å². The number of hydrogen-bond acceptors (Lipinski definition) is 6. The molecule has 0 fully saturated rings. The van der Waals surface area contributed by atoms with E-state index in [9.17, 15) is 10.1 Å². The van der Waals surface area contributed by atoms with Crippen LogP contribution in [0, 0.1) is 15.5 Å². The van der Waals surface area contributed by atoms with Crippen molar-refractivity contribution in [1.29, 1.82) is 5.41 Å². The maximum absolute atomic E-state index is 11.0. The van der Waals surface area contributed by atoms with Gasteiger partial charge >= 0.3 is 5.82 Å². The van der Waals surface area contributed by atoms with Gasteiger partial charge in [-0.2, -0.15) is 0 Å². The molecule has 3 aliphatic rings. The molecule has 7 nitrogen and oxygen atoms in total. The fourth-order valence-electron chi connectivity index (χ4n) is 2.41. The molecular weight excluding hydrogens is 258 g/mol. The summed E-state index contributed by atoms with van der Waals surface area (Å²) in [4.78, 5) is 20.4. The van der Waals surface area contributed by atoms with Crippen molar-refractivity contribution in [2.75, 3.05) is 7.05 Å². The van der Waals surface area contributed by atoms with Crippen molar-refractivity contribution in [2.24, 2.45) is 9.98 Å². The zero-order valence-corrected chi connectivity index (χ0v) is 10.6. The monoisotopic (exact) mass is 269 g/mol. The average molecular weight is 269 g/mol. The van der Waals surface area contributed by atoms with Gasteiger partial charge in [-0.1, -0.05) is 0 Å². The molecule has 1 atom stereocenters. The Bertz CT molecular complexity index is 680. The molecule has 3 heterocycles. The minimum absolute atomic E-state index is 0.0931. The van der Waals surface area contributed by atoms with E-state index in [2.05, 4.69) is 9.98 Å². The van der Waals surface area contributed by atoms with Gasteiger partial charge < -0.3 is 15.5 Å². The summed E-state index contributed by atoms with van der Waals surface area (Å²) in [5, 5.41) is 18.9. The van der Waals surface area contributed by atoms with E-state index in [1.807, 2.05) is 18.2 Å². The normalized spacial score (nSPS) is 27.6. The standard InChI is InChI=1S/C13H11N5O2/c1-17-11(18(19)20)7-9(14)13(17)12-8(4-6-16-12)10-3-2-5-15-10/h2-7,13-14H,1H3. The highest BCUT2D eigenvalue weighted by Crippen LogP contribution is 2.27. The Labute approximate surface area is 114 Å². The molecule has 0 amide bonds. The van der Waals surface area contributed by atoms with E-state index in [4.69, 9.17) is 5.41 Å². The van der Waals surface area contributed by atoms with Crippen molar-refractivity contribution in [3.05, 3.63) is 57.7 Å². The predicted molar refractivity (Wildman–Crippen MR) is 75.6 cm³/mol. The summed E-state index contributed by atoms with van der Waals surface area (Å²) in [7, 11) is 1.59. The second-order valence-electron chi connectivity index (χ2n) is 4.49. The molecule has 0 radical (unpaired) electrons. The van der Waals surface area contributed by atoms with Crippen LogP contribution >= 0.6 is 0 Å². The minimum Gasteiger partial charge on any atom is -0.358 e. The molecule has 0 saturated carbocycles. The Hall–Kier alpha value is -2.83. The summed E-state index contributed by atoms with van der Waals surface area (Å²) in [6.07, 6.45) is 10.0. The number of rotatable bonds is 2. The third-order valence-corrected chi connectivity index (χ3v) is 3.33. The number of nitrogens with one attached hydrogen (secondary N) is 1. The summed E-state index contributed by atoms with van der Waals surface area (Å²) >= 11 is 0. The highest BCUT2D eigenvalue weighted by molar-refractivity contribution is 6.24. The summed E-state index contributed by atoms with van der Waals surface area (Å²) < 4.78 is 0. The molecule has 0 aromatic heterocycles. The number of allylic oxidation sites excluding steroid dienone is 3. The first kappa shape index (κ1) is 12.2. The summed E-state index contributed by atoms with van der Waals surface area (Å²) in [6, 6.07) is -0.544. The van der Waals surface area contributed by atoms with Gasteiger partial charge in [0, 0.05) is 18.0 Å². The zero-order chi connectivity index (χ0) is 14.3. The zero-order valence-electron chi connectivity index (χ0n) is 10.6. The summed E-state index contributed by atoms with van der Waals surface area (Å²) in [5.74, 6) is -0.0931. The van der Waals surface area contributed by atoms with Crippen molar-refractivity contribution < 1.29 is 4.92 Å². The highest BCUT2D eigenvalue weighted by Gasteiger charge is 2.41. The van der Waals surface area contributed by atoms with Crippen LogP contribution in [0.2, 0.25) is 0 Å². The molecule has 1 unspecified atom stereocenters. The lowest BCUT2D eigenvalue weighted by atomic mass is 9.99. The van der Waals surface area contributed by atoms with Crippen LogP contribution in [-0.4, -0.2) is 40.6 Å². The number of hydrogen-bond donors (Lipinski definition) is 1. The lowest BCUT2D eigenvalue weighted by Crippen LogP contribution is -2.39. The lowest BCUT2D eigenvalue weighted by Gasteiger charge is -2.19. The molecular formula is C13H11N5O2. The smallest absolute Gasteiger partial charge is 0.320 e. The first-order valence-electron chi connectivity index (χ1n) is 5.96. The molecule has 0 bridgehead atoms. The van der Waals surface area contributed by atoms with Gasteiger partial charge in [0.1, 0.15) is 5.71 Å². The largest absolute Gasteiger partial charge is 0.358 e. The van der Waals surface area contributed by atoms with E-state index in [0.29, 0.717) is 5.71 Å². The highest BCUT2D eigenvalue weighted by atomic mass is 16.6. The molecule has 0 aromatic carbocycles. The van der Waals surface area contributed by atoms with Crippen LogP contribution in [0.3, 0.4) is 0 Å². The topological polar surface area (TPSA) is 94.9 Å². The Morgan fingerprint density at radius 2 is 2.25 bits per heavy atom. The van der Waals surface area contributed by atoms with Crippen molar-refractivity contribution in [3.63, 3.8) is 0 Å². The molecule has 3 rings (SSSR count). The Morgan fingerprint density at radius 3 is 2.85 bits per heavy atom. The van der Waals surface area contributed by atoms with Crippen molar-refractivity contribution >= 4 is 17.6 Å². The van der Waals surface area contributed by atoms with E-state index in [1.165, 1.54) is 11.0 Å². The molecule has 100 valence electrons. The molecule has 0 spiro atoms. The maximum atomic E-state index is 11.0. The van der Waals surface area contributed by atoms with Gasteiger partial charge in [0.05, 0.1) is 24.5 Å². The summed E-state index contributed by atoms with van der Waals surface area (Å²) in [5.41, 5.74) is 2.33. The molecule has 0 aliphatic carbocycles. The van der Waals surface area contributed by atoms with Crippen LogP contribution in [0.4, 0.5) is 0 Å². The third-order valence-electron chi connectivity index (χ3n) is 3.33. The first-order valence-corrected chi connectivity index (χ1v) is 5.96. The van der Waals surface area contributed by atoms with Gasteiger partial charge in [0.2, 0.25) is 0 Å². The SMILES string of the molecule is CN1C([N+](=O)[O-])=CC(=N)C1C1=NC=CC1=C1C=CC=N1. The van der Waals surface area contributed by atoms with Crippen LogP contribution in [0.1, 0.15) is 0 Å². The van der Waals surface area contributed by atoms with Gasteiger partial charge in [-0.05, 0) is 23.2 Å². The van der Waals surface area contributed by atoms with E-state index >= 15 is 0 Å². The van der Waals surface area contributed by atoms with Crippen molar-refractivity contribution in [2.45, 2.75) is 6.04 Å². The first-order chi connectivity index (χ1) is 9.59. The molecule has 20 heavy (non-hydrogen) atoms. The van der Waals surface area contributed by atoms with Gasteiger partial charge in [-0.15, -0.1) is 0 Å². The number of nitro groups is 1. The van der Waals surface area contributed by atoms with E-state index in [0.717, 1.165) is 11.3 Å². The van der Waals surface area contributed by atoms with Gasteiger partial charge in [0.15, 0.2) is 6.04 Å². The summed E-state index contributed by atoms with van der Waals surface area (Å²) in [6.45, 7) is 0. The predicted octanol–water partition coefficient (Wildman–Crippen LogP) is 1.30. The quantitative estimate of drug-likeness (QED) is 0.604. The number of aliphatic imine (C=N–C) groups is 2. The van der Waals surface area contributed by atoms with Crippen LogP contribution in [0.15, 0.2) is 57.6 Å². The van der Waals surface area contributed by atoms with Crippen LogP contribution in [0.25, 0.3) is 0 Å². The van der Waals surface area contributed by atoms with Gasteiger partial charge in [-0.3, -0.25) is 9.98 Å². The van der Waals surface area contributed by atoms with E-state index < -0.39 is 11.0 Å². The van der Waals surface area contributed by atoms with E-state index in [1.54, 1.807) is 19.5 Å². The molecule has 3 aliphatic heterocycles. The molecule has 7 heteroatoms. The Kier molecular flexibility index (Phi) is 2.67. The lowest BCUT2D eigenvalue weighted by molar-refractivity contribution is -0.443. The fourth-order valence-corrected chi connectivity index (χ4v) is 2.41. The second kappa shape index (κ2) is 4.37. The maximum Gasteiger partial charge on any atom is 0.320 e. The average Bonchev–Trinajstić information content (AvgIpc) is 3.08. The second-order valence-corrected chi connectivity index (χ2v) is 4.49. The molecule has 0 aromatic rings. The van der Waals surface area contributed by atoms with Crippen LogP contribution in [0.5, 0.6) is 0 Å². The molecule has 1 N–H and O–H groups in total. The van der Waals surface area contributed by atoms with Crippen molar-refractivity contribution in [1.82, 2.24) is 4.90 Å². The number of nitrogens with zero attached hydrogens (tertiary/aromatic N) is 4. The Balaban J connectivity index is 1.98. The van der Waals surface area contributed by atoms with Gasteiger partial charge in [0.25, 0.3) is 0 Å². The fraction of sp³-hybridized carbons (Fsp3) is 0.154. The van der Waals surface area contributed by atoms with Gasteiger partial charge in [-0.25, -0.2) is 4.90 Å². The van der Waals surface area contributed by atoms with Crippen LogP contribution < -0.4 is 0 Å². The Morgan fingerprint density at radius 1 is 1.45 bits per heavy atom. The van der Waals surface area contributed by atoms with E-state index in [-0.39, 0.29) is 11.5 Å².